The van der Waals surface area contributed by atoms with Crippen molar-refractivity contribution in [2.24, 2.45) is 11.8 Å². The fraction of sp³-hybridized carbons (Fsp3) is 0.500. The molecular weight excluding hydrogens is 557 g/mol. The zero-order chi connectivity index (χ0) is 27.6. The highest BCUT2D eigenvalue weighted by Gasteiger charge is 2.62. The van der Waals surface area contributed by atoms with Crippen LogP contribution in [0.4, 0.5) is 35.1 Å². The Morgan fingerprint density at radius 2 is 1.54 bits per heavy atom. The van der Waals surface area contributed by atoms with Crippen LogP contribution in [0.2, 0.25) is 10.0 Å². The highest BCUT2D eigenvalue weighted by Crippen LogP contribution is 2.49. The molecule has 1 saturated carbocycles. The van der Waals surface area contributed by atoms with Gasteiger partial charge in [-0.2, -0.15) is 35.1 Å². The third kappa shape index (κ3) is 7.19. The Labute approximate surface area is 217 Å². The zero-order valence-corrected chi connectivity index (χ0v) is 20.5. The molecule has 2 atom stereocenters. The van der Waals surface area contributed by atoms with Gasteiger partial charge in [-0.05, 0) is 61.4 Å². The van der Waals surface area contributed by atoms with Crippen LogP contribution >= 0.6 is 23.2 Å². The minimum atomic E-state index is -5.69. The van der Waals surface area contributed by atoms with Gasteiger partial charge in [0.2, 0.25) is 0 Å². The molecule has 206 valence electrons. The third-order valence-corrected chi connectivity index (χ3v) is 7.21. The van der Waals surface area contributed by atoms with E-state index >= 15 is 0 Å². The van der Waals surface area contributed by atoms with E-state index in [0.717, 1.165) is 0 Å². The van der Waals surface area contributed by atoms with E-state index in [1.165, 1.54) is 12.1 Å². The van der Waals surface area contributed by atoms with Gasteiger partial charge in [0.25, 0.3) is 0 Å². The van der Waals surface area contributed by atoms with Crippen molar-refractivity contribution in [1.29, 1.82) is 0 Å². The van der Waals surface area contributed by atoms with Gasteiger partial charge in [0.15, 0.2) is 6.10 Å². The molecule has 1 aliphatic rings. The standard InChI is InChI=1S/C24H23Cl2F8NO2/c25-17-5-2-6-18(20(17)26)37-16-4-1-3-14(11-16)21(35-12-19(36)23(29,30)31)13-7-9-15(10-8-13)22(27,28)24(32,33)34/h1-6,11,13,15,19,21,35-36H,7-10,12H2. The first-order valence-corrected chi connectivity index (χ1v) is 12.0. The van der Waals surface area contributed by atoms with Crippen LogP contribution in [-0.4, -0.2) is 36.0 Å². The number of aliphatic hydroxyl groups excluding tert-OH is 1. The van der Waals surface area contributed by atoms with E-state index < -0.39 is 61.6 Å². The molecule has 0 radical (unpaired) electrons. The predicted molar refractivity (Wildman–Crippen MR) is 122 cm³/mol. The molecule has 37 heavy (non-hydrogen) atoms. The van der Waals surface area contributed by atoms with Gasteiger partial charge in [0.05, 0.1) is 5.02 Å². The molecule has 2 aromatic rings. The van der Waals surface area contributed by atoms with Crippen LogP contribution in [0, 0.1) is 11.8 Å². The van der Waals surface area contributed by atoms with Crippen LogP contribution in [0.5, 0.6) is 11.5 Å². The van der Waals surface area contributed by atoms with Gasteiger partial charge in [0, 0.05) is 18.5 Å². The third-order valence-electron chi connectivity index (χ3n) is 6.40. The molecule has 1 aliphatic carbocycles. The summed E-state index contributed by atoms with van der Waals surface area (Å²) in [6.45, 7) is -0.905. The van der Waals surface area contributed by atoms with Crippen molar-refractivity contribution in [3.05, 3.63) is 58.1 Å². The van der Waals surface area contributed by atoms with Crippen molar-refractivity contribution in [2.45, 2.75) is 56.1 Å². The molecule has 2 aromatic carbocycles. The SMILES string of the molecule is OC(CNC(c1cccc(Oc2cccc(Cl)c2Cl)c1)C1CCC(C(F)(F)C(F)(F)F)CC1)C(F)(F)F. The smallest absolute Gasteiger partial charge is 0.453 e. The molecule has 13 heteroatoms. The van der Waals surface area contributed by atoms with Crippen molar-refractivity contribution in [3.8, 4) is 11.5 Å². The number of rotatable bonds is 8. The van der Waals surface area contributed by atoms with Crippen LogP contribution in [0.15, 0.2) is 42.5 Å². The second kappa shape index (κ2) is 11.5. The number of hydrogen-bond acceptors (Lipinski definition) is 3. The largest absolute Gasteiger partial charge is 0.456 e. The van der Waals surface area contributed by atoms with Crippen molar-refractivity contribution < 1.29 is 45.0 Å². The van der Waals surface area contributed by atoms with Crippen molar-refractivity contribution in [3.63, 3.8) is 0 Å². The summed E-state index contributed by atoms with van der Waals surface area (Å²) in [6.07, 6.45) is -14.4. The van der Waals surface area contributed by atoms with Crippen LogP contribution in [-0.2, 0) is 0 Å². The first-order valence-electron chi connectivity index (χ1n) is 11.3. The van der Waals surface area contributed by atoms with E-state index in [4.69, 9.17) is 27.9 Å². The summed E-state index contributed by atoms with van der Waals surface area (Å²) in [6, 6.07) is 9.91. The van der Waals surface area contributed by atoms with Crippen molar-refractivity contribution >= 4 is 23.2 Å². The number of ether oxygens (including phenoxy) is 1. The summed E-state index contributed by atoms with van der Waals surface area (Å²) in [5.74, 6) is -6.92. The van der Waals surface area contributed by atoms with Crippen LogP contribution in [0.1, 0.15) is 37.3 Å². The summed E-state index contributed by atoms with van der Waals surface area (Å²) in [4.78, 5) is 0. The van der Waals surface area contributed by atoms with Gasteiger partial charge in [-0.15, -0.1) is 0 Å². The summed E-state index contributed by atoms with van der Waals surface area (Å²) < 4.78 is 111. The number of benzene rings is 2. The van der Waals surface area contributed by atoms with Gasteiger partial charge in [-0.3, -0.25) is 0 Å². The van der Waals surface area contributed by atoms with E-state index in [1.807, 2.05) is 0 Å². The Morgan fingerprint density at radius 3 is 2.14 bits per heavy atom. The minimum Gasteiger partial charge on any atom is -0.456 e. The highest BCUT2D eigenvalue weighted by atomic mass is 35.5. The molecule has 0 amide bonds. The van der Waals surface area contributed by atoms with E-state index in [1.54, 1.807) is 30.3 Å². The lowest BCUT2D eigenvalue weighted by atomic mass is 9.74. The lowest BCUT2D eigenvalue weighted by Gasteiger charge is -2.38. The molecule has 3 nitrogen and oxygen atoms in total. The Kier molecular flexibility index (Phi) is 9.25. The molecule has 0 aliphatic heterocycles. The molecule has 2 N–H and O–H groups in total. The van der Waals surface area contributed by atoms with E-state index in [-0.39, 0.29) is 34.4 Å². The topological polar surface area (TPSA) is 41.5 Å². The number of halogens is 10. The second-order valence-corrected chi connectivity index (χ2v) is 9.69. The number of alkyl halides is 8. The maximum atomic E-state index is 13.8. The first-order chi connectivity index (χ1) is 17.1. The van der Waals surface area contributed by atoms with Gasteiger partial charge in [0.1, 0.15) is 16.5 Å². The Morgan fingerprint density at radius 1 is 0.919 bits per heavy atom. The molecule has 0 heterocycles. The van der Waals surface area contributed by atoms with Crippen molar-refractivity contribution in [1.82, 2.24) is 5.32 Å². The zero-order valence-electron chi connectivity index (χ0n) is 19.0. The van der Waals surface area contributed by atoms with Crippen LogP contribution in [0.3, 0.4) is 0 Å². The first kappa shape index (κ1) is 29.7. The summed E-state index contributed by atoms with van der Waals surface area (Å²) in [7, 11) is 0. The molecule has 0 spiro atoms. The fourth-order valence-electron chi connectivity index (χ4n) is 4.42. The van der Waals surface area contributed by atoms with Gasteiger partial charge >= 0.3 is 18.3 Å². The summed E-state index contributed by atoms with van der Waals surface area (Å²) >= 11 is 12.1. The monoisotopic (exact) mass is 579 g/mol. The quantitative estimate of drug-likeness (QED) is 0.309. The lowest BCUT2D eigenvalue weighted by molar-refractivity contribution is -0.306. The second-order valence-electron chi connectivity index (χ2n) is 8.90. The average Bonchev–Trinajstić information content (AvgIpc) is 2.81. The molecular formula is C24H23Cl2F8NO2. The van der Waals surface area contributed by atoms with E-state index in [0.29, 0.717) is 5.56 Å². The van der Waals surface area contributed by atoms with Gasteiger partial charge in [-0.1, -0.05) is 41.4 Å². The van der Waals surface area contributed by atoms with Crippen LogP contribution in [0.25, 0.3) is 0 Å². The number of hydrogen-bond donors (Lipinski definition) is 2. The molecule has 1 fully saturated rings. The predicted octanol–water partition coefficient (Wildman–Crippen LogP) is 8.34. The number of aliphatic hydroxyl groups is 1. The Bertz CT molecular complexity index is 1060. The van der Waals surface area contributed by atoms with Crippen LogP contribution < -0.4 is 10.1 Å². The van der Waals surface area contributed by atoms with E-state index in [9.17, 15) is 40.2 Å². The number of nitrogens with one attached hydrogen (secondary N) is 1. The van der Waals surface area contributed by atoms with Crippen molar-refractivity contribution in [2.75, 3.05) is 6.54 Å². The molecule has 0 aromatic heterocycles. The minimum absolute atomic E-state index is 0.0959. The summed E-state index contributed by atoms with van der Waals surface area (Å²) in [5, 5.41) is 12.4. The van der Waals surface area contributed by atoms with Gasteiger partial charge < -0.3 is 15.2 Å². The maximum absolute atomic E-state index is 13.8. The lowest BCUT2D eigenvalue weighted by Crippen LogP contribution is -2.46. The molecule has 2 unspecified atom stereocenters. The fourth-order valence-corrected chi connectivity index (χ4v) is 4.75. The Hall–Kier alpha value is -1.82. The summed E-state index contributed by atoms with van der Waals surface area (Å²) in [5.41, 5.74) is 0.399. The maximum Gasteiger partial charge on any atom is 0.453 e. The normalized spacial score (nSPS) is 20.9. The Balaban J connectivity index is 1.83. The van der Waals surface area contributed by atoms with Gasteiger partial charge in [-0.25, -0.2) is 0 Å². The van der Waals surface area contributed by atoms with E-state index in [2.05, 4.69) is 5.32 Å². The molecule has 3 rings (SSSR count). The average molecular weight is 580 g/mol. The molecule has 0 bridgehead atoms. The molecule has 0 saturated heterocycles. The highest BCUT2D eigenvalue weighted by molar-refractivity contribution is 6.42.